The Balaban J connectivity index is 1.43. The molecule has 0 aliphatic rings. The summed E-state index contributed by atoms with van der Waals surface area (Å²) in [5.74, 6) is -0.913. The normalized spacial score (nSPS) is 12.1. The quantitative estimate of drug-likeness (QED) is 0.303. The van der Waals surface area contributed by atoms with Crippen LogP contribution in [0.2, 0.25) is 0 Å². The maximum atomic E-state index is 12.9. The monoisotopic (exact) mass is 551 g/mol. The number of nitrogens with one attached hydrogen (secondary N) is 1. The Morgan fingerprint density at radius 2 is 1.74 bits per heavy atom. The Hall–Kier alpha value is -4.65. The number of rotatable bonds is 7. The molecule has 0 atom stereocenters. The number of aryl methyl sites for hydroxylation is 1. The van der Waals surface area contributed by atoms with Crippen LogP contribution in [0.4, 0.5) is 13.2 Å². The highest BCUT2D eigenvalue weighted by Crippen LogP contribution is 2.30. The van der Waals surface area contributed by atoms with Gasteiger partial charge < -0.3 is 4.74 Å². The van der Waals surface area contributed by atoms with E-state index < -0.39 is 18.0 Å². The van der Waals surface area contributed by atoms with E-state index in [2.05, 4.69) is 35.5 Å². The number of para-hydroxylation sites is 1. The van der Waals surface area contributed by atoms with Crippen LogP contribution in [-0.4, -0.2) is 42.7 Å². The van der Waals surface area contributed by atoms with Crippen LogP contribution in [0.15, 0.2) is 77.8 Å². The van der Waals surface area contributed by atoms with Gasteiger partial charge in [0.1, 0.15) is 10.8 Å². The Labute approximate surface area is 223 Å². The van der Waals surface area contributed by atoms with Gasteiger partial charge in [-0.25, -0.2) is 9.78 Å². The molecule has 1 N–H and O–H groups in total. The number of carbonyl (C=O) groups is 1. The van der Waals surface area contributed by atoms with Crippen molar-refractivity contribution >= 4 is 17.2 Å². The molecule has 2 heterocycles. The maximum Gasteiger partial charge on any atom is 0.573 e. The van der Waals surface area contributed by atoms with E-state index in [1.807, 2.05) is 55.5 Å². The molecule has 0 aliphatic heterocycles. The molecule has 0 aliphatic carbocycles. The van der Waals surface area contributed by atoms with E-state index >= 15 is 0 Å². The number of halogens is 3. The van der Waals surface area contributed by atoms with Crippen molar-refractivity contribution in [2.75, 3.05) is 0 Å². The average Bonchev–Trinajstić information content (AvgIpc) is 3.59. The molecule has 0 unspecified atom stereocenters. The summed E-state index contributed by atoms with van der Waals surface area (Å²) in [7, 11) is 0. The zero-order valence-electron chi connectivity index (χ0n) is 20.4. The molecular formula is C26H20F3N7O2S. The SMILES string of the molecule is CCc1nn(Cc2ccc(-c3ccccc3-c3nnn[nH]3)cc2)c(=NC(=O)c2ccccc2OC(F)(F)F)s1. The molecule has 0 saturated carbocycles. The van der Waals surface area contributed by atoms with Gasteiger partial charge in [0.05, 0.1) is 12.1 Å². The van der Waals surface area contributed by atoms with E-state index in [0.717, 1.165) is 33.3 Å². The van der Waals surface area contributed by atoms with Crippen molar-refractivity contribution in [3.05, 3.63) is 93.7 Å². The number of aromatic amines is 1. The summed E-state index contributed by atoms with van der Waals surface area (Å²) in [5, 5.41) is 19.4. The van der Waals surface area contributed by atoms with Gasteiger partial charge in [0, 0.05) is 5.56 Å². The van der Waals surface area contributed by atoms with Crippen LogP contribution in [0, 0.1) is 0 Å². The van der Waals surface area contributed by atoms with Gasteiger partial charge in [0.15, 0.2) is 5.82 Å². The molecule has 3 aromatic carbocycles. The van der Waals surface area contributed by atoms with Crippen LogP contribution in [0.3, 0.4) is 0 Å². The number of hydrogen-bond donors (Lipinski definition) is 1. The van der Waals surface area contributed by atoms with Gasteiger partial charge >= 0.3 is 6.36 Å². The molecule has 13 heteroatoms. The molecule has 198 valence electrons. The minimum atomic E-state index is -4.94. The van der Waals surface area contributed by atoms with E-state index in [1.54, 1.807) is 4.68 Å². The van der Waals surface area contributed by atoms with Crippen molar-refractivity contribution in [3.63, 3.8) is 0 Å². The van der Waals surface area contributed by atoms with Crippen LogP contribution in [-0.2, 0) is 13.0 Å². The van der Waals surface area contributed by atoms with Crippen molar-refractivity contribution < 1.29 is 22.7 Å². The Bertz CT molecular complexity index is 1660. The number of tetrazole rings is 1. The molecule has 39 heavy (non-hydrogen) atoms. The molecule has 1 amide bonds. The first-order valence-corrected chi connectivity index (χ1v) is 12.6. The highest BCUT2D eigenvalue weighted by molar-refractivity contribution is 7.08. The lowest BCUT2D eigenvalue weighted by atomic mass is 9.98. The summed E-state index contributed by atoms with van der Waals surface area (Å²) in [5.41, 5.74) is 3.34. The number of H-pyrrole nitrogens is 1. The van der Waals surface area contributed by atoms with Crippen molar-refractivity contribution in [2.45, 2.75) is 26.3 Å². The summed E-state index contributed by atoms with van der Waals surface area (Å²) < 4.78 is 44.0. The second kappa shape index (κ2) is 11.0. The van der Waals surface area contributed by atoms with E-state index in [1.165, 1.54) is 29.5 Å². The molecule has 2 aromatic heterocycles. The van der Waals surface area contributed by atoms with Crippen LogP contribution >= 0.6 is 11.3 Å². The third-order valence-electron chi connectivity index (χ3n) is 5.63. The minimum absolute atomic E-state index is 0.269. The van der Waals surface area contributed by atoms with E-state index in [4.69, 9.17) is 0 Å². The first-order chi connectivity index (χ1) is 18.8. The fourth-order valence-corrected chi connectivity index (χ4v) is 4.70. The van der Waals surface area contributed by atoms with Crippen molar-refractivity contribution in [1.29, 1.82) is 0 Å². The van der Waals surface area contributed by atoms with Crippen molar-refractivity contribution in [2.24, 2.45) is 4.99 Å². The number of carbonyl (C=O) groups excluding carboxylic acids is 1. The smallest absolute Gasteiger partial charge is 0.405 e. The molecule has 0 spiro atoms. The first kappa shape index (κ1) is 26.0. The second-order valence-corrected chi connectivity index (χ2v) is 9.28. The predicted octanol–water partition coefficient (Wildman–Crippen LogP) is 5.04. The van der Waals surface area contributed by atoms with Gasteiger partial charge in [-0.05, 0) is 45.7 Å². The van der Waals surface area contributed by atoms with Crippen LogP contribution < -0.4 is 9.54 Å². The van der Waals surface area contributed by atoms with E-state index in [0.29, 0.717) is 18.8 Å². The molecule has 5 rings (SSSR count). The summed E-state index contributed by atoms with van der Waals surface area (Å²) in [6, 6.07) is 20.6. The fourth-order valence-electron chi connectivity index (χ4n) is 3.86. The topological polar surface area (TPSA) is 111 Å². The van der Waals surface area contributed by atoms with Crippen molar-refractivity contribution in [3.8, 4) is 28.3 Å². The van der Waals surface area contributed by atoms with Gasteiger partial charge in [0.2, 0.25) is 4.80 Å². The average molecular weight is 552 g/mol. The summed E-state index contributed by atoms with van der Waals surface area (Å²) in [4.78, 5) is 17.3. The third-order valence-corrected chi connectivity index (χ3v) is 6.72. The number of ether oxygens (including phenoxy) is 1. The Kier molecular flexibility index (Phi) is 7.32. The highest BCUT2D eigenvalue weighted by Gasteiger charge is 2.32. The summed E-state index contributed by atoms with van der Waals surface area (Å²) in [6.07, 6.45) is -4.33. The number of amides is 1. The minimum Gasteiger partial charge on any atom is -0.405 e. The number of benzene rings is 3. The van der Waals surface area contributed by atoms with Gasteiger partial charge in [-0.15, -0.1) is 18.3 Å². The van der Waals surface area contributed by atoms with Gasteiger partial charge in [-0.1, -0.05) is 78.9 Å². The highest BCUT2D eigenvalue weighted by atomic mass is 32.1. The zero-order valence-corrected chi connectivity index (χ0v) is 21.2. The fraction of sp³-hybridized carbons (Fsp3) is 0.154. The maximum absolute atomic E-state index is 12.9. The Morgan fingerprint density at radius 1 is 1.03 bits per heavy atom. The summed E-state index contributed by atoms with van der Waals surface area (Å²) in [6.45, 7) is 2.22. The molecule has 0 bridgehead atoms. The molecule has 0 radical (unpaired) electrons. The van der Waals surface area contributed by atoms with E-state index in [9.17, 15) is 18.0 Å². The Morgan fingerprint density at radius 3 is 2.44 bits per heavy atom. The standard InChI is InChI=1S/C26H20F3N7O2S/c1-2-22-33-36(25(39-22)30-24(37)20-9-5-6-10-21(20)38-26(27,28)29)15-16-11-13-17(14-12-16)18-7-3-4-8-19(18)23-31-34-35-32-23/h3-14H,2,15H2,1H3,(H,31,32,34,35). The summed E-state index contributed by atoms with van der Waals surface area (Å²) >= 11 is 1.20. The largest absolute Gasteiger partial charge is 0.573 e. The molecule has 0 saturated heterocycles. The third kappa shape index (κ3) is 6.09. The zero-order chi connectivity index (χ0) is 27.4. The molecule has 9 nitrogen and oxygen atoms in total. The van der Waals surface area contributed by atoms with Gasteiger partial charge in [-0.3, -0.25) is 4.79 Å². The lowest BCUT2D eigenvalue weighted by Crippen LogP contribution is -2.21. The first-order valence-electron chi connectivity index (χ1n) is 11.7. The second-order valence-electron chi connectivity index (χ2n) is 8.24. The van der Waals surface area contributed by atoms with Gasteiger partial charge in [-0.2, -0.15) is 10.1 Å². The lowest BCUT2D eigenvalue weighted by molar-refractivity contribution is -0.274. The molecular weight excluding hydrogens is 531 g/mol. The number of aromatic nitrogens is 6. The number of nitrogens with zero attached hydrogens (tertiary/aromatic N) is 6. The van der Waals surface area contributed by atoms with Gasteiger partial charge in [0.25, 0.3) is 5.91 Å². The van der Waals surface area contributed by atoms with Crippen molar-refractivity contribution in [1.82, 2.24) is 30.4 Å². The number of alkyl halides is 3. The van der Waals surface area contributed by atoms with Crippen LogP contribution in [0.1, 0.15) is 27.9 Å². The molecule has 0 fully saturated rings. The lowest BCUT2D eigenvalue weighted by Gasteiger charge is -2.11. The van der Waals surface area contributed by atoms with E-state index in [-0.39, 0.29) is 10.4 Å². The van der Waals surface area contributed by atoms with Crippen LogP contribution in [0.5, 0.6) is 5.75 Å². The number of hydrogen-bond acceptors (Lipinski definition) is 7. The van der Waals surface area contributed by atoms with Crippen LogP contribution in [0.25, 0.3) is 22.5 Å². The predicted molar refractivity (Wildman–Crippen MR) is 137 cm³/mol. The molecule has 5 aromatic rings.